The van der Waals surface area contributed by atoms with Gasteiger partial charge in [-0.2, -0.15) is 0 Å². The average Bonchev–Trinajstić information content (AvgIpc) is 3.12. The van der Waals surface area contributed by atoms with Crippen molar-refractivity contribution < 1.29 is 18.8 Å². The molecule has 2 aromatic rings. The monoisotopic (exact) mass is 342 g/mol. The van der Waals surface area contributed by atoms with Gasteiger partial charge in [-0.15, -0.1) is 0 Å². The van der Waals surface area contributed by atoms with E-state index in [0.29, 0.717) is 23.7 Å². The van der Waals surface area contributed by atoms with Crippen LogP contribution in [0.15, 0.2) is 47.1 Å². The van der Waals surface area contributed by atoms with E-state index in [1.54, 1.807) is 36.4 Å². The van der Waals surface area contributed by atoms with Crippen molar-refractivity contribution in [3.8, 4) is 0 Å². The van der Waals surface area contributed by atoms with Crippen molar-refractivity contribution in [2.45, 2.75) is 13.0 Å². The number of amides is 4. The van der Waals surface area contributed by atoms with Crippen LogP contribution in [0.5, 0.6) is 0 Å². The molecule has 8 nitrogen and oxygen atoms in total. The normalized spacial score (nSPS) is 13.0. The Hall–Kier alpha value is -3.29. The van der Waals surface area contributed by atoms with Crippen molar-refractivity contribution in [3.05, 3.63) is 48.4 Å². The first-order valence-corrected chi connectivity index (χ1v) is 7.87. The minimum atomic E-state index is -0.416. The third-order valence-electron chi connectivity index (χ3n) is 3.68. The number of nitrogens with one attached hydrogen (secondary N) is 3. The van der Waals surface area contributed by atoms with Crippen LogP contribution in [0.3, 0.4) is 0 Å². The van der Waals surface area contributed by atoms with E-state index >= 15 is 0 Å². The summed E-state index contributed by atoms with van der Waals surface area (Å²) >= 11 is 0. The fraction of sp³-hybridized carbons (Fsp3) is 0.235. The van der Waals surface area contributed by atoms with Crippen LogP contribution >= 0.6 is 0 Å². The zero-order valence-corrected chi connectivity index (χ0v) is 13.5. The number of benzene rings is 1. The Kier molecular flexibility index (Phi) is 4.98. The molecule has 0 saturated carbocycles. The molecule has 0 saturated heterocycles. The summed E-state index contributed by atoms with van der Waals surface area (Å²) in [5, 5.41) is 8.08. The molecule has 0 unspecified atom stereocenters. The zero-order chi connectivity index (χ0) is 17.6. The van der Waals surface area contributed by atoms with Gasteiger partial charge in [0.05, 0.1) is 24.2 Å². The molecule has 3 N–H and O–H groups in total. The van der Waals surface area contributed by atoms with Gasteiger partial charge in [-0.3, -0.25) is 14.5 Å². The molecule has 1 aromatic heterocycles. The average molecular weight is 342 g/mol. The van der Waals surface area contributed by atoms with Crippen LogP contribution in [-0.4, -0.2) is 30.9 Å². The van der Waals surface area contributed by atoms with Crippen LogP contribution in [-0.2, 0) is 16.1 Å². The number of nitrogens with zero attached hydrogens (tertiary/aromatic N) is 1. The molecule has 1 aromatic carbocycles. The van der Waals surface area contributed by atoms with Crippen LogP contribution in [0.4, 0.5) is 16.2 Å². The standard InChI is InChI=1S/C17H18N4O4/c22-15(19-10-12-4-3-9-25-12)7-8-18-17(24)21-11-16(23)20-13-5-1-2-6-14(13)21/h1-6,9H,7-8,10-11H2,(H,18,24)(H,19,22)(H,20,23). The Morgan fingerprint density at radius 2 is 2.00 bits per heavy atom. The molecule has 0 aliphatic carbocycles. The van der Waals surface area contributed by atoms with Crippen molar-refractivity contribution >= 4 is 29.2 Å². The second kappa shape index (κ2) is 7.52. The topological polar surface area (TPSA) is 104 Å². The first-order chi connectivity index (χ1) is 12.1. The van der Waals surface area contributed by atoms with E-state index in [1.165, 1.54) is 11.2 Å². The third kappa shape index (κ3) is 4.17. The number of fused-ring (bicyclic) bond motifs is 1. The molecule has 0 fully saturated rings. The lowest BCUT2D eigenvalue weighted by molar-refractivity contribution is -0.121. The van der Waals surface area contributed by atoms with Gasteiger partial charge in [0, 0.05) is 13.0 Å². The van der Waals surface area contributed by atoms with Gasteiger partial charge in [0.2, 0.25) is 11.8 Å². The van der Waals surface area contributed by atoms with E-state index in [0.717, 1.165) is 0 Å². The second-order valence-corrected chi connectivity index (χ2v) is 5.49. The van der Waals surface area contributed by atoms with Gasteiger partial charge < -0.3 is 20.4 Å². The lowest BCUT2D eigenvalue weighted by Gasteiger charge is -2.29. The zero-order valence-electron chi connectivity index (χ0n) is 13.5. The number of carbonyl (C=O) groups is 3. The summed E-state index contributed by atoms with van der Waals surface area (Å²) in [6.45, 7) is 0.413. The van der Waals surface area contributed by atoms with Gasteiger partial charge in [0.25, 0.3) is 0 Å². The second-order valence-electron chi connectivity index (χ2n) is 5.49. The van der Waals surface area contributed by atoms with Gasteiger partial charge >= 0.3 is 6.03 Å². The van der Waals surface area contributed by atoms with E-state index < -0.39 is 6.03 Å². The third-order valence-corrected chi connectivity index (χ3v) is 3.68. The fourth-order valence-corrected chi connectivity index (χ4v) is 2.48. The molecule has 8 heteroatoms. The molecular formula is C17H18N4O4. The molecule has 0 spiro atoms. The quantitative estimate of drug-likeness (QED) is 0.765. The van der Waals surface area contributed by atoms with Crippen molar-refractivity contribution in [2.75, 3.05) is 23.3 Å². The molecule has 130 valence electrons. The predicted molar refractivity (Wildman–Crippen MR) is 91.0 cm³/mol. The highest BCUT2D eigenvalue weighted by Crippen LogP contribution is 2.28. The number of urea groups is 1. The van der Waals surface area contributed by atoms with Crippen LogP contribution in [0.25, 0.3) is 0 Å². The molecule has 2 heterocycles. The summed E-state index contributed by atoms with van der Waals surface area (Å²) in [6, 6.07) is 10.2. The van der Waals surface area contributed by atoms with E-state index in [9.17, 15) is 14.4 Å². The Balaban J connectivity index is 1.48. The molecule has 1 aliphatic rings. The predicted octanol–water partition coefficient (Wildman–Crippen LogP) is 1.45. The number of rotatable bonds is 5. The molecule has 25 heavy (non-hydrogen) atoms. The van der Waals surface area contributed by atoms with Crippen LogP contribution in [0.2, 0.25) is 0 Å². The van der Waals surface area contributed by atoms with Crippen molar-refractivity contribution in [1.82, 2.24) is 10.6 Å². The maximum absolute atomic E-state index is 12.3. The van der Waals surface area contributed by atoms with Crippen LogP contribution < -0.4 is 20.9 Å². The molecule has 0 radical (unpaired) electrons. The summed E-state index contributed by atoms with van der Waals surface area (Å²) in [4.78, 5) is 37.2. The largest absolute Gasteiger partial charge is 0.467 e. The van der Waals surface area contributed by atoms with E-state index in [-0.39, 0.29) is 31.3 Å². The number of hydrogen-bond acceptors (Lipinski definition) is 4. The summed E-state index contributed by atoms with van der Waals surface area (Å²) in [6.07, 6.45) is 1.67. The lowest BCUT2D eigenvalue weighted by atomic mass is 10.2. The van der Waals surface area contributed by atoms with Crippen molar-refractivity contribution in [3.63, 3.8) is 0 Å². The van der Waals surface area contributed by atoms with Crippen LogP contribution in [0.1, 0.15) is 12.2 Å². The van der Waals surface area contributed by atoms with E-state index in [2.05, 4.69) is 16.0 Å². The fourth-order valence-electron chi connectivity index (χ4n) is 2.48. The molecule has 0 atom stereocenters. The van der Waals surface area contributed by atoms with Crippen molar-refractivity contribution in [2.24, 2.45) is 0 Å². The SMILES string of the molecule is O=C(CCNC(=O)N1CC(=O)Nc2ccccc21)NCc1ccco1. The Morgan fingerprint density at radius 1 is 1.16 bits per heavy atom. The highest BCUT2D eigenvalue weighted by molar-refractivity contribution is 6.09. The first-order valence-electron chi connectivity index (χ1n) is 7.87. The smallest absolute Gasteiger partial charge is 0.322 e. The van der Waals surface area contributed by atoms with Gasteiger partial charge in [0.15, 0.2) is 0 Å². The van der Waals surface area contributed by atoms with Gasteiger partial charge in [0.1, 0.15) is 12.3 Å². The molecule has 3 rings (SSSR count). The minimum Gasteiger partial charge on any atom is -0.467 e. The van der Waals surface area contributed by atoms with Gasteiger partial charge in [-0.25, -0.2) is 4.79 Å². The van der Waals surface area contributed by atoms with Crippen LogP contribution in [0, 0.1) is 0 Å². The molecule has 0 bridgehead atoms. The Bertz CT molecular complexity index is 773. The van der Waals surface area contributed by atoms with E-state index in [4.69, 9.17) is 4.42 Å². The van der Waals surface area contributed by atoms with E-state index in [1.807, 2.05) is 0 Å². The Labute approximate surface area is 144 Å². The number of furan rings is 1. The maximum atomic E-state index is 12.3. The summed E-state index contributed by atoms with van der Waals surface area (Å²) in [5.41, 5.74) is 1.21. The number of hydrogen-bond donors (Lipinski definition) is 3. The minimum absolute atomic E-state index is 0.0620. The number of carbonyl (C=O) groups excluding carboxylic acids is 3. The number of anilines is 2. The number of para-hydroxylation sites is 2. The summed E-state index contributed by atoms with van der Waals surface area (Å²) in [5.74, 6) is 0.201. The summed E-state index contributed by atoms with van der Waals surface area (Å²) in [7, 11) is 0. The Morgan fingerprint density at radius 3 is 2.80 bits per heavy atom. The highest BCUT2D eigenvalue weighted by Gasteiger charge is 2.26. The maximum Gasteiger partial charge on any atom is 0.322 e. The van der Waals surface area contributed by atoms with Gasteiger partial charge in [-0.05, 0) is 24.3 Å². The molecule has 4 amide bonds. The first kappa shape index (κ1) is 16.6. The molecule has 1 aliphatic heterocycles. The van der Waals surface area contributed by atoms with Crippen molar-refractivity contribution in [1.29, 1.82) is 0 Å². The van der Waals surface area contributed by atoms with Gasteiger partial charge in [-0.1, -0.05) is 12.1 Å². The molecular weight excluding hydrogens is 324 g/mol. The highest BCUT2D eigenvalue weighted by atomic mass is 16.3. The summed E-state index contributed by atoms with van der Waals surface area (Å²) < 4.78 is 5.12. The lowest BCUT2D eigenvalue weighted by Crippen LogP contribution is -2.47.